The molecule has 0 aliphatic heterocycles. The quantitative estimate of drug-likeness (QED) is 0.791. The molecule has 1 aliphatic rings. The van der Waals surface area contributed by atoms with Crippen LogP contribution in [0.3, 0.4) is 0 Å². The highest BCUT2D eigenvalue weighted by Gasteiger charge is 2.28. The summed E-state index contributed by atoms with van der Waals surface area (Å²) in [5, 5.41) is 2.92. The lowest BCUT2D eigenvalue weighted by Gasteiger charge is -2.28. The van der Waals surface area contributed by atoms with Gasteiger partial charge in [-0.1, -0.05) is 12.1 Å². The zero-order chi connectivity index (χ0) is 17.0. The van der Waals surface area contributed by atoms with Crippen LogP contribution in [-0.4, -0.2) is 20.4 Å². The molecule has 23 heavy (non-hydrogen) atoms. The molecular formula is C15H20ClFN2O3S. The Balaban J connectivity index is 1.84. The minimum Gasteiger partial charge on any atom is -0.349 e. The summed E-state index contributed by atoms with van der Waals surface area (Å²) in [4.78, 5) is 12.3. The molecule has 1 fully saturated rings. The summed E-state index contributed by atoms with van der Waals surface area (Å²) in [7, 11) is 1.44. The smallest absolute Gasteiger partial charge is 0.297 e. The minimum atomic E-state index is -3.73. The van der Waals surface area contributed by atoms with E-state index in [1.807, 2.05) is 6.92 Å². The Labute approximate surface area is 140 Å². The summed E-state index contributed by atoms with van der Waals surface area (Å²) in [5.41, 5.74) is 0.836. The molecule has 1 aromatic rings. The fraction of sp³-hybridized carbons (Fsp3) is 0.533. The summed E-state index contributed by atoms with van der Waals surface area (Å²) < 4.78 is 37.3. The number of benzene rings is 1. The predicted molar refractivity (Wildman–Crippen MR) is 86.6 cm³/mol. The van der Waals surface area contributed by atoms with Gasteiger partial charge in [0.15, 0.2) is 0 Å². The number of hydrogen-bond donors (Lipinski definition) is 2. The van der Waals surface area contributed by atoms with Crippen LogP contribution in [0.5, 0.6) is 0 Å². The standard InChI is InChI=1S/C15H20ClFN2O3S/c1-10(11-2-6-13(17)7-3-11)18-15(20)12-4-8-14(9-5-12)19-23(16,21)22/h2-3,6-7,10,12,14,19H,4-5,8-9H2,1H3,(H,18,20)/t10-,12?,14?/m1/s1. The van der Waals surface area contributed by atoms with Gasteiger partial charge in [0.2, 0.25) is 5.91 Å². The fourth-order valence-corrected chi connectivity index (χ4v) is 3.85. The van der Waals surface area contributed by atoms with E-state index < -0.39 is 9.24 Å². The van der Waals surface area contributed by atoms with E-state index in [2.05, 4.69) is 10.0 Å². The van der Waals surface area contributed by atoms with Crippen molar-refractivity contribution in [2.45, 2.75) is 44.7 Å². The van der Waals surface area contributed by atoms with Gasteiger partial charge >= 0.3 is 0 Å². The van der Waals surface area contributed by atoms with Crippen molar-refractivity contribution in [3.63, 3.8) is 0 Å². The summed E-state index contributed by atoms with van der Waals surface area (Å²) in [6.45, 7) is 1.85. The van der Waals surface area contributed by atoms with Crippen LogP contribution < -0.4 is 10.0 Å². The van der Waals surface area contributed by atoms with Crippen molar-refractivity contribution in [3.8, 4) is 0 Å². The monoisotopic (exact) mass is 362 g/mol. The topological polar surface area (TPSA) is 75.3 Å². The van der Waals surface area contributed by atoms with Crippen LogP contribution in [0.2, 0.25) is 0 Å². The summed E-state index contributed by atoms with van der Waals surface area (Å²) >= 11 is 0. The summed E-state index contributed by atoms with van der Waals surface area (Å²) in [6, 6.07) is 5.60. The second-order valence-corrected chi connectivity index (χ2v) is 8.22. The van der Waals surface area contributed by atoms with E-state index in [1.165, 1.54) is 12.1 Å². The van der Waals surface area contributed by atoms with Gasteiger partial charge in [0.25, 0.3) is 9.24 Å². The first-order valence-corrected chi connectivity index (χ1v) is 9.83. The van der Waals surface area contributed by atoms with Crippen molar-refractivity contribution in [1.29, 1.82) is 0 Å². The molecule has 0 radical (unpaired) electrons. The molecular weight excluding hydrogens is 343 g/mol. The van der Waals surface area contributed by atoms with Crippen molar-refractivity contribution in [3.05, 3.63) is 35.6 Å². The zero-order valence-electron chi connectivity index (χ0n) is 12.8. The van der Waals surface area contributed by atoms with Gasteiger partial charge in [0, 0.05) is 22.6 Å². The minimum absolute atomic E-state index is 0.0611. The SMILES string of the molecule is C[C@@H](NC(=O)C1CCC(NS(=O)(=O)Cl)CC1)c1ccc(F)cc1. The number of carbonyl (C=O) groups excluding carboxylic acids is 1. The van der Waals surface area contributed by atoms with E-state index in [-0.39, 0.29) is 29.7 Å². The number of nitrogens with one attached hydrogen (secondary N) is 2. The maximum absolute atomic E-state index is 12.9. The van der Waals surface area contributed by atoms with Crippen molar-refractivity contribution in [2.75, 3.05) is 0 Å². The fourth-order valence-electron chi connectivity index (χ4n) is 2.84. The van der Waals surface area contributed by atoms with Gasteiger partial charge in [-0.15, -0.1) is 0 Å². The lowest BCUT2D eigenvalue weighted by Crippen LogP contribution is -2.40. The zero-order valence-corrected chi connectivity index (χ0v) is 14.3. The highest BCUT2D eigenvalue weighted by Crippen LogP contribution is 2.26. The molecule has 0 aromatic heterocycles. The Kier molecular flexibility index (Phi) is 6.00. The van der Waals surface area contributed by atoms with E-state index in [0.717, 1.165) is 5.56 Å². The molecule has 0 unspecified atom stereocenters. The van der Waals surface area contributed by atoms with Gasteiger partial charge in [0.1, 0.15) is 5.82 Å². The Bertz CT molecular complexity index is 643. The largest absolute Gasteiger partial charge is 0.349 e. The molecule has 5 nitrogen and oxygen atoms in total. The molecule has 0 bridgehead atoms. The van der Waals surface area contributed by atoms with Gasteiger partial charge in [-0.05, 0) is 50.3 Å². The third-order valence-corrected chi connectivity index (χ3v) is 5.02. The normalized spacial score (nSPS) is 23.3. The van der Waals surface area contributed by atoms with E-state index >= 15 is 0 Å². The molecule has 0 heterocycles. The molecule has 1 saturated carbocycles. The van der Waals surface area contributed by atoms with Gasteiger partial charge in [-0.3, -0.25) is 4.79 Å². The van der Waals surface area contributed by atoms with E-state index in [9.17, 15) is 17.6 Å². The molecule has 1 aliphatic carbocycles. The van der Waals surface area contributed by atoms with Crippen LogP contribution in [0.4, 0.5) is 4.39 Å². The number of rotatable bonds is 5. The van der Waals surface area contributed by atoms with Crippen molar-refractivity contribution < 1.29 is 17.6 Å². The molecule has 1 atom stereocenters. The number of halogens is 2. The molecule has 8 heteroatoms. The lowest BCUT2D eigenvalue weighted by atomic mass is 9.85. The first-order chi connectivity index (χ1) is 10.7. The van der Waals surface area contributed by atoms with Gasteiger partial charge < -0.3 is 5.32 Å². The van der Waals surface area contributed by atoms with Crippen LogP contribution in [0.1, 0.15) is 44.2 Å². The summed E-state index contributed by atoms with van der Waals surface area (Å²) in [6.07, 6.45) is 2.36. The molecule has 128 valence electrons. The molecule has 2 N–H and O–H groups in total. The van der Waals surface area contributed by atoms with Gasteiger partial charge in [-0.25, -0.2) is 4.39 Å². The number of amides is 1. The second-order valence-electron chi connectivity index (χ2n) is 5.89. The van der Waals surface area contributed by atoms with Crippen LogP contribution in [-0.2, 0) is 14.0 Å². The highest BCUT2D eigenvalue weighted by molar-refractivity contribution is 8.12. The van der Waals surface area contributed by atoms with Gasteiger partial charge in [-0.2, -0.15) is 13.1 Å². The first-order valence-electron chi connectivity index (χ1n) is 7.52. The maximum Gasteiger partial charge on any atom is 0.297 e. The van der Waals surface area contributed by atoms with E-state index in [0.29, 0.717) is 25.7 Å². The number of hydrogen-bond acceptors (Lipinski definition) is 3. The van der Waals surface area contributed by atoms with Crippen molar-refractivity contribution >= 4 is 25.8 Å². The molecule has 2 rings (SSSR count). The average Bonchev–Trinajstić information content (AvgIpc) is 2.46. The van der Waals surface area contributed by atoms with Gasteiger partial charge in [0.05, 0.1) is 6.04 Å². The molecule has 1 aromatic carbocycles. The number of carbonyl (C=O) groups is 1. The maximum atomic E-state index is 12.9. The van der Waals surface area contributed by atoms with Crippen LogP contribution in [0, 0.1) is 11.7 Å². The van der Waals surface area contributed by atoms with Crippen LogP contribution in [0.15, 0.2) is 24.3 Å². The Morgan fingerprint density at radius 3 is 2.30 bits per heavy atom. The Hall–Kier alpha value is -1.18. The Morgan fingerprint density at radius 2 is 1.78 bits per heavy atom. The Morgan fingerprint density at radius 1 is 1.22 bits per heavy atom. The van der Waals surface area contributed by atoms with Crippen LogP contribution >= 0.6 is 10.7 Å². The summed E-state index contributed by atoms with van der Waals surface area (Å²) in [5.74, 6) is -0.518. The van der Waals surface area contributed by atoms with Crippen molar-refractivity contribution in [2.24, 2.45) is 5.92 Å². The highest BCUT2D eigenvalue weighted by atomic mass is 35.7. The molecule has 1 amide bonds. The molecule has 0 saturated heterocycles. The van der Waals surface area contributed by atoms with E-state index in [4.69, 9.17) is 10.7 Å². The third-order valence-electron chi connectivity index (χ3n) is 4.13. The second kappa shape index (κ2) is 7.59. The van der Waals surface area contributed by atoms with E-state index in [1.54, 1.807) is 12.1 Å². The third kappa shape index (κ3) is 5.75. The molecule has 0 spiro atoms. The van der Waals surface area contributed by atoms with Crippen molar-refractivity contribution in [1.82, 2.24) is 10.0 Å². The predicted octanol–water partition coefficient (Wildman–Crippen LogP) is 2.63. The lowest BCUT2D eigenvalue weighted by molar-refractivity contribution is -0.126. The van der Waals surface area contributed by atoms with Crippen LogP contribution in [0.25, 0.3) is 0 Å². The average molecular weight is 363 g/mol. The first kappa shape index (κ1) is 18.2.